The summed E-state index contributed by atoms with van der Waals surface area (Å²) in [4.78, 5) is 4.57. The number of methoxy groups -OCH3 is 1. The van der Waals surface area contributed by atoms with Crippen LogP contribution in [-0.4, -0.2) is 48.2 Å². The van der Waals surface area contributed by atoms with Crippen molar-refractivity contribution in [3.05, 3.63) is 65.7 Å². The van der Waals surface area contributed by atoms with E-state index in [0.29, 0.717) is 13.2 Å². The third kappa shape index (κ3) is 6.90. The molecule has 0 spiro atoms. The normalized spacial score (nSPS) is 15.4. The fourth-order valence-corrected chi connectivity index (χ4v) is 4.78. The lowest BCUT2D eigenvalue weighted by atomic mass is 9.64. The van der Waals surface area contributed by atoms with Gasteiger partial charge >= 0.3 is 0 Å². The van der Waals surface area contributed by atoms with Crippen LogP contribution < -0.4 is 15.4 Å². The molecule has 0 unspecified atom stereocenters. The predicted molar refractivity (Wildman–Crippen MR) is 139 cm³/mol. The van der Waals surface area contributed by atoms with Crippen molar-refractivity contribution in [2.75, 3.05) is 33.9 Å². The van der Waals surface area contributed by atoms with E-state index in [1.54, 1.807) is 19.2 Å². The number of aliphatic imine (C=N–C) groups is 1. The maximum atomic E-state index is 12.2. The molecule has 2 aromatic rings. The van der Waals surface area contributed by atoms with E-state index in [-0.39, 0.29) is 40.8 Å². The number of hydrogen-bond donors (Lipinski definition) is 3. The molecule has 1 aliphatic carbocycles. The summed E-state index contributed by atoms with van der Waals surface area (Å²) in [5.41, 5.74) is 2.52. The summed E-state index contributed by atoms with van der Waals surface area (Å²) < 4.78 is 31.9. The molecule has 0 aromatic heterocycles. The minimum Gasteiger partial charge on any atom is -0.383 e. The van der Waals surface area contributed by atoms with Gasteiger partial charge in [0.25, 0.3) is 0 Å². The summed E-state index contributed by atoms with van der Waals surface area (Å²) >= 11 is 0. The van der Waals surface area contributed by atoms with Crippen molar-refractivity contribution in [2.45, 2.75) is 36.1 Å². The van der Waals surface area contributed by atoms with Crippen LogP contribution in [0.2, 0.25) is 0 Å². The van der Waals surface area contributed by atoms with Gasteiger partial charge in [0.1, 0.15) is 0 Å². The molecule has 0 radical (unpaired) electrons. The van der Waals surface area contributed by atoms with Crippen molar-refractivity contribution in [2.24, 2.45) is 4.99 Å². The molecule has 0 aliphatic heterocycles. The number of benzene rings is 2. The average molecular weight is 573 g/mol. The van der Waals surface area contributed by atoms with Gasteiger partial charge in [0.15, 0.2) is 5.96 Å². The van der Waals surface area contributed by atoms with Crippen LogP contribution in [0.15, 0.2) is 64.5 Å². The van der Waals surface area contributed by atoms with Crippen molar-refractivity contribution in [3.8, 4) is 0 Å². The van der Waals surface area contributed by atoms with E-state index in [4.69, 9.17) is 4.74 Å². The summed E-state index contributed by atoms with van der Waals surface area (Å²) in [6.45, 7) is 1.96. The maximum Gasteiger partial charge on any atom is 0.240 e. The van der Waals surface area contributed by atoms with Gasteiger partial charge in [0, 0.05) is 39.2 Å². The van der Waals surface area contributed by atoms with Crippen LogP contribution in [0.5, 0.6) is 0 Å². The number of ether oxygens (including phenoxy) is 1. The van der Waals surface area contributed by atoms with Crippen molar-refractivity contribution in [1.82, 2.24) is 15.4 Å². The number of nitrogens with zero attached hydrogens (tertiary/aromatic N) is 1. The van der Waals surface area contributed by atoms with Crippen LogP contribution >= 0.6 is 24.0 Å². The van der Waals surface area contributed by atoms with Crippen LogP contribution in [0, 0.1) is 0 Å². The molecule has 0 bridgehead atoms. The molecule has 0 saturated heterocycles. The van der Waals surface area contributed by atoms with Crippen molar-refractivity contribution in [3.63, 3.8) is 0 Å². The molecular formula is C23H33IN4O3S. The Bertz CT molecular complexity index is 962. The first-order valence-electron chi connectivity index (χ1n) is 10.6. The Morgan fingerprint density at radius 3 is 2.31 bits per heavy atom. The van der Waals surface area contributed by atoms with Crippen molar-refractivity contribution in [1.29, 1.82) is 0 Å². The minimum absolute atomic E-state index is 0. The van der Waals surface area contributed by atoms with E-state index in [2.05, 4.69) is 50.7 Å². The minimum atomic E-state index is -3.52. The highest BCUT2D eigenvalue weighted by atomic mass is 127. The van der Waals surface area contributed by atoms with Crippen LogP contribution in [0.25, 0.3) is 0 Å². The van der Waals surface area contributed by atoms with Crippen LogP contribution in [0.4, 0.5) is 0 Å². The molecule has 3 N–H and O–H groups in total. The molecule has 7 nitrogen and oxygen atoms in total. The summed E-state index contributed by atoms with van der Waals surface area (Å²) in [7, 11) is -0.229. The fourth-order valence-electron chi connectivity index (χ4n) is 3.77. The van der Waals surface area contributed by atoms with Crippen LogP contribution in [-0.2, 0) is 26.7 Å². The largest absolute Gasteiger partial charge is 0.383 e. The molecule has 2 aromatic carbocycles. The molecule has 176 valence electrons. The fraction of sp³-hybridized carbons (Fsp3) is 0.435. The standard InChI is InChI=1S/C23H32N4O3S.HI/c1-24-22(26-18-23(13-6-14-23)20-7-4-3-5-8-20)25-17-19-9-11-21(12-10-19)31(28,29)27-15-16-30-2;/h3-5,7-12,27H,6,13-18H2,1-2H3,(H2,24,25,26);1H. The highest BCUT2D eigenvalue weighted by molar-refractivity contribution is 14.0. The second-order valence-corrected chi connectivity index (χ2v) is 9.58. The lowest BCUT2D eigenvalue weighted by molar-refractivity contribution is 0.204. The van der Waals surface area contributed by atoms with Crippen molar-refractivity contribution >= 4 is 40.0 Å². The highest BCUT2D eigenvalue weighted by Crippen LogP contribution is 2.43. The Morgan fingerprint density at radius 2 is 1.75 bits per heavy atom. The number of guanidine groups is 1. The van der Waals surface area contributed by atoms with Gasteiger partial charge in [-0.2, -0.15) is 0 Å². The van der Waals surface area contributed by atoms with Gasteiger partial charge in [-0.1, -0.05) is 48.9 Å². The molecule has 1 saturated carbocycles. The van der Waals surface area contributed by atoms with Gasteiger partial charge in [-0.15, -0.1) is 24.0 Å². The second-order valence-electron chi connectivity index (χ2n) is 7.81. The quantitative estimate of drug-likeness (QED) is 0.176. The Morgan fingerprint density at radius 1 is 1.06 bits per heavy atom. The second kappa shape index (κ2) is 12.5. The van der Waals surface area contributed by atoms with Crippen LogP contribution in [0.3, 0.4) is 0 Å². The molecule has 0 atom stereocenters. The van der Waals surface area contributed by atoms with Gasteiger partial charge in [-0.3, -0.25) is 4.99 Å². The lowest BCUT2D eigenvalue weighted by Gasteiger charge is -2.43. The van der Waals surface area contributed by atoms with E-state index in [0.717, 1.165) is 18.1 Å². The van der Waals surface area contributed by atoms with Crippen molar-refractivity contribution < 1.29 is 13.2 Å². The van der Waals surface area contributed by atoms with E-state index in [1.165, 1.54) is 31.9 Å². The molecule has 0 amide bonds. The zero-order valence-electron chi connectivity index (χ0n) is 18.6. The first-order chi connectivity index (χ1) is 15.0. The number of sulfonamides is 1. The van der Waals surface area contributed by atoms with Gasteiger partial charge < -0.3 is 15.4 Å². The third-order valence-corrected chi connectivity index (χ3v) is 7.28. The summed E-state index contributed by atoms with van der Waals surface area (Å²) in [5.74, 6) is 0.736. The third-order valence-electron chi connectivity index (χ3n) is 5.81. The molecule has 3 rings (SSSR count). The van der Waals surface area contributed by atoms with E-state index in [9.17, 15) is 8.42 Å². The van der Waals surface area contributed by atoms with Gasteiger partial charge in [0.05, 0.1) is 11.5 Å². The van der Waals surface area contributed by atoms with Gasteiger partial charge in [-0.25, -0.2) is 13.1 Å². The topological polar surface area (TPSA) is 91.8 Å². The molecule has 9 heteroatoms. The lowest BCUT2D eigenvalue weighted by Crippen LogP contribution is -2.48. The Kier molecular flexibility index (Phi) is 10.4. The van der Waals surface area contributed by atoms with Gasteiger partial charge in [0.2, 0.25) is 10.0 Å². The molecule has 0 heterocycles. The van der Waals surface area contributed by atoms with E-state index >= 15 is 0 Å². The maximum absolute atomic E-state index is 12.2. The monoisotopic (exact) mass is 572 g/mol. The van der Waals surface area contributed by atoms with E-state index < -0.39 is 10.0 Å². The Balaban J connectivity index is 0.00000363. The molecule has 1 aliphatic rings. The summed E-state index contributed by atoms with van der Waals surface area (Å²) in [6.07, 6.45) is 3.60. The first-order valence-corrected chi connectivity index (χ1v) is 12.0. The number of hydrogen-bond acceptors (Lipinski definition) is 4. The highest BCUT2D eigenvalue weighted by Gasteiger charge is 2.38. The number of halogens is 1. The smallest absolute Gasteiger partial charge is 0.240 e. The summed E-state index contributed by atoms with van der Waals surface area (Å²) in [6, 6.07) is 17.5. The van der Waals surface area contributed by atoms with Crippen LogP contribution in [0.1, 0.15) is 30.4 Å². The molecule has 1 fully saturated rings. The Hall–Kier alpha value is -1.69. The average Bonchev–Trinajstić information content (AvgIpc) is 2.76. The number of nitrogens with one attached hydrogen (secondary N) is 3. The summed E-state index contributed by atoms with van der Waals surface area (Å²) in [5, 5.41) is 6.78. The zero-order valence-corrected chi connectivity index (χ0v) is 21.8. The molecule has 32 heavy (non-hydrogen) atoms. The molecular weight excluding hydrogens is 539 g/mol. The predicted octanol–water partition coefficient (Wildman–Crippen LogP) is 3.02. The zero-order chi connectivity index (χ0) is 22.2. The number of rotatable bonds is 10. The van der Waals surface area contributed by atoms with E-state index in [1.807, 2.05) is 12.1 Å². The van der Waals surface area contributed by atoms with Gasteiger partial charge in [-0.05, 0) is 36.1 Å². The SMILES string of the molecule is CN=C(NCc1ccc(S(=O)(=O)NCCOC)cc1)NCC1(c2ccccc2)CCC1.I. The Labute approximate surface area is 208 Å². The first kappa shape index (κ1) is 26.6.